The summed E-state index contributed by atoms with van der Waals surface area (Å²) in [4.78, 5) is 28.1. The first-order valence-electron chi connectivity index (χ1n) is 12.0. The standard InChI is InChI=1S/C28H36N2O4/c1-21(28(32)29-17-16-22-10-6-4-7-11-22)30(20-23-12-8-5-9-13-23)27(31)19-24-14-15-25(33-2)26(18-24)34-3/h5,8-10,12-15,18,21H,4,6-7,11,16-17,19-20H2,1-3H3,(H,29,32). The molecule has 1 aliphatic carbocycles. The topological polar surface area (TPSA) is 67.9 Å². The molecule has 0 saturated heterocycles. The van der Waals surface area contributed by atoms with Crippen LogP contribution in [0.1, 0.15) is 50.2 Å². The highest BCUT2D eigenvalue weighted by atomic mass is 16.5. The molecule has 0 radical (unpaired) electrons. The first-order chi connectivity index (χ1) is 16.5. The number of nitrogens with one attached hydrogen (secondary N) is 1. The molecule has 6 heteroatoms. The van der Waals surface area contributed by atoms with E-state index < -0.39 is 6.04 Å². The number of ether oxygens (including phenoxy) is 2. The number of rotatable bonds is 11. The molecule has 3 rings (SSSR count). The van der Waals surface area contributed by atoms with Crippen LogP contribution >= 0.6 is 0 Å². The summed E-state index contributed by atoms with van der Waals surface area (Å²) in [5.41, 5.74) is 3.21. The van der Waals surface area contributed by atoms with Crippen LogP contribution in [0.2, 0.25) is 0 Å². The van der Waals surface area contributed by atoms with Crippen molar-refractivity contribution in [1.82, 2.24) is 10.2 Å². The second-order valence-corrected chi connectivity index (χ2v) is 8.70. The molecule has 0 aliphatic heterocycles. The lowest BCUT2D eigenvalue weighted by molar-refractivity contribution is -0.140. The molecule has 1 unspecified atom stereocenters. The number of benzene rings is 2. The first-order valence-corrected chi connectivity index (χ1v) is 12.0. The van der Waals surface area contributed by atoms with Crippen LogP contribution in [0, 0.1) is 0 Å². The van der Waals surface area contributed by atoms with Gasteiger partial charge in [-0.05, 0) is 62.3 Å². The van der Waals surface area contributed by atoms with Crippen LogP contribution < -0.4 is 14.8 Å². The first kappa shape index (κ1) is 25.3. The van der Waals surface area contributed by atoms with Crippen molar-refractivity contribution in [1.29, 1.82) is 0 Å². The second-order valence-electron chi connectivity index (χ2n) is 8.70. The molecule has 34 heavy (non-hydrogen) atoms. The molecule has 2 amide bonds. The van der Waals surface area contributed by atoms with E-state index in [9.17, 15) is 9.59 Å². The molecule has 182 valence electrons. The van der Waals surface area contributed by atoms with E-state index in [-0.39, 0.29) is 18.2 Å². The Bertz CT molecular complexity index is 987. The summed E-state index contributed by atoms with van der Waals surface area (Å²) in [7, 11) is 3.15. The third kappa shape index (κ3) is 7.11. The summed E-state index contributed by atoms with van der Waals surface area (Å²) in [6.07, 6.45) is 8.07. The van der Waals surface area contributed by atoms with Crippen LogP contribution in [-0.4, -0.2) is 43.5 Å². The highest BCUT2D eigenvalue weighted by molar-refractivity contribution is 5.88. The van der Waals surface area contributed by atoms with E-state index in [1.165, 1.54) is 18.4 Å². The molecule has 2 aromatic rings. The normalized spacial score (nSPS) is 14.0. The summed E-state index contributed by atoms with van der Waals surface area (Å²) in [5, 5.41) is 3.04. The molecular weight excluding hydrogens is 428 g/mol. The SMILES string of the molecule is COc1ccc(CC(=O)N(Cc2ccccc2)C(C)C(=O)NCCC2=CCCCC2)cc1OC. The molecule has 0 aromatic heterocycles. The second kappa shape index (κ2) is 12.8. The van der Waals surface area contributed by atoms with Crippen molar-refractivity contribution in [3.05, 3.63) is 71.3 Å². The number of amides is 2. The Labute approximate surface area is 202 Å². The van der Waals surface area contributed by atoms with Crippen LogP contribution in [0.5, 0.6) is 11.5 Å². The average Bonchev–Trinajstić information content (AvgIpc) is 2.87. The van der Waals surface area contributed by atoms with Gasteiger partial charge in [-0.25, -0.2) is 0 Å². The average molecular weight is 465 g/mol. The van der Waals surface area contributed by atoms with Crippen molar-refractivity contribution in [2.24, 2.45) is 0 Å². The van der Waals surface area contributed by atoms with Gasteiger partial charge in [0, 0.05) is 13.1 Å². The fourth-order valence-corrected chi connectivity index (χ4v) is 4.26. The summed E-state index contributed by atoms with van der Waals surface area (Å²) in [6.45, 7) is 2.76. The highest BCUT2D eigenvalue weighted by Crippen LogP contribution is 2.28. The summed E-state index contributed by atoms with van der Waals surface area (Å²) >= 11 is 0. The van der Waals surface area contributed by atoms with E-state index in [1.54, 1.807) is 38.2 Å². The molecule has 0 bridgehead atoms. The van der Waals surface area contributed by atoms with Crippen molar-refractivity contribution in [2.45, 2.75) is 58.0 Å². The van der Waals surface area contributed by atoms with Gasteiger partial charge in [0.1, 0.15) is 6.04 Å². The maximum atomic E-state index is 13.4. The van der Waals surface area contributed by atoms with Gasteiger partial charge < -0.3 is 19.7 Å². The Morgan fingerprint density at radius 3 is 2.44 bits per heavy atom. The van der Waals surface area contributed by atoms with Crippen molar-refractivity contribution < 1.29 is 19.1 Å². The monoisotopic (exact) mass is 464 g/mol. The third-order valence-electron chi connectivity index (χ3n) is 6.30. The minimum absolute atomic E-state index is 0.117. The Morgan fingerprint density at radius 2 is 1.76 bits per heavy atom. The zero-order valence-corrected chi connectivity index (χ0v) is 20.5. The van der Waals surface area contributed by atoms with Gasteiger partial charge in [0.15, 0.2) is 11.5 Å². The van der Waals surface area contributed by atoms with Gasteiger partial charge >= 0.3 is 0 Å². The van der Waals surface area contributed by atoms with Gasteiger partial charge in [-0.2, -0.15) is 0 Å². The number of hydrogen-bond acceptors (Lipinski definition) is 4. The van der Waals surface area contributed by atoms with Gasteiger partial charge in [0.25, 0.3) is 0 Å². The van der Waals surface area contributed by atoms with E-state index >= 15 is 0 Å². The number of methoxy groups -OCH3 is 2. The van der Waals surface area contributed by atoms with Crippen molar-refractivity contribution in [3.63, 3.8) is 0 Å². The summed E-state index contributed by atoms with van der Waals surface area (Å²) < 4.78 is 10.7. The van der Waals surface area contributed by atoms with Gasteiger partial charge in [-0.3, -0.25) is 9.59 Å². The number of carbonyl (C=O) groups is 2. The minimum Gasteiger partial charge on any atom is -0.493 e. The zero-order chi connectivity index (χ0) is 24.3. The molecule has 0 saturated carbocycles. The molecular formula is C28H36N2O4. The largest absolute Gasteiger partial charge is 0.493 e. The van der Waals surface area contributed by atoms with Crippen molar-refractivity contribution in [2.75, 3.05) is 20.8 Å². The van der Waals surface area contributed by atoms with E-state index in [0.717, 1.165) is 30.4 Å². The molecule has 0 fully saturated rings. The van der Waals surface area contributed by atoms with Gasteiger partial charge in [0.05, 0.1) is 20.6 Å². The van der Waals surface area contributed by atoms with Crippen molar-refractivity contribution in [3.8, 4) is 11.5 Å². The van der Waals surface area contributed by atoms with Crippen LogP contribution in [0.15, 0.2) is 60.2 Å². The zero-order valence-electron chi connectivity index (χ0n) is 20.5. The Hall–Kier alpha value is -3.28. The Morgan fingerprint density at radius 1 is 1.00 bits per heavy atom. The quantitative estimate of drug-likeness (QED) is 0.491. The molecule has 1 aliphatic rings. The number of nitrogens with zero attached hydrogens (tertiary/aromatic N) is 1. The van der Waals surface area contributed by atoms with Crippen LogP contribution in [-0.2, 0) is 22.6 Å². The lowest BCUT2D eigenvalue weighted by Crippen LogP contribution is -2.48. The van der Waals surface area contributed by atoms with E-state index in [0.29, 0.717) is 24.6 Å². The molecule has 2 aromatic carbocycles. The van der Waals surface area contributed by atoms with Crippen molar-refractivity contribution >= 4 is 11.8 Å². The number of carbonyl (C=O) groups excluding carboxylic acids is 2. The smallest absolute Gasteiger partial charge is 0.242 e. The minimum atomic E-state index is -0.590. The molecule has 0 spiro atoms. The van der Waals surface area contributed by atoms with Gasteiger partial charge in [-0.15, -0.1) is 0 Å². The maximum absolute atomic E-state index is 13.4. The Balaban J connectivity index is 1.69. The highest BCUT2D eigenvalue weighted by Gasteiger charge is 2.26. The van der Waals surface area contributed by atoms with Crippen LogP contribution in [0.25, 0.3) is 0 Å². The van der Waals surface area contributed by atoms with Gasteiger partial charge in [0.2, 0.25) is 11.8 Å². The third-order valence-corrected chi connectivity index (χ3v) is 6.30. The summed E-state index contributed by atoms with van der Waals surface area (Å²) in [6, 6.07) is 14.6. The molecule has 6 nitrogen and oxygen atoms in total. The molecule has 1 N–H and O–H groups in total. The van der Waals surface area contributed by atoms with Gasteiger partial charge in [-0.1, -0.05) is 48.0 Å². The lowest BCUT2D eigenvalue weighted by atomic mass is 9.97. The Kier molecular flexibility index (Phi) is 9.56. The fourth-order valence-electron chi connectivity index (χ4n) is 4.26. The van der Waals surface area contributed by atoms with E-state index in [1.807, 2.05) is 36.4 Å². The van der Waals surface area contributed by atoms with Crippen LogP contribution in [0.4, 0.5) is 0 Å². The molecule has 0 heterocycles. The summed E-state index contributed by atoms with van der Waals surface area (Å²) in [5.74, 6) is 0.938. The van der Waals surface area contributed by atoms with E-state index in [2.05, 4.69) is 11.4 Å². The predicted molar refractivity (Wildman–Crippen MR) is 134 cm³/mol. The molecule has 1 atom stereocenters. The lowest BCUT2D eigenvalue weighted by Gasteiger charge is -2.29. The number of hydrogen-bond donors (Lipinski definition) is 1. The van der Waals surface area contributed by atoms with Crippen LogP contribution in [0.3, 0.4) is 0 Å². The van der Waals surface area contributed by atoms with E-state index in [4.69, 9.17) is 9.47 Å². The maximum Gasteiger partial charge on any atom is 0.242 e. The number of allylic oxidation sites excluding steroid dienone is 1. The fraction of sp³-hybridized carbons (Fsp3) is 0.429. The predicted octanol–water partition coefficient (Wildman–Crippen LogP) is 4.67.